The Morgan fingerprint density at radius 3 is 2.96 bits per heavy atom. The summed E-state index contributed by atoms with van der Waals surface area (Å²) in [4.78, 5) is 12.3. The summed E-state index contributed by atoms with van der Waals surface area (Å²) in [5.74, 6) is 2.52. The van der Waals surface area contributed by atoms with E-state index >= 15 is 0 Å². The predicted molar refractivity (Wildman–Crippen MR) is 102 cm³/mol. The number of aliphatic hydroxyl groups is 1. The van der Waals surface area contributed by atoms with Gasteiger partial charge in [-0.15, -0.1) is 12.4 Å². The third-order valence-corrected chi connectivity index (χ3v) is 5.48. The third-order valence-electron chi connectivity index (χ3n) is 5.48. The minimum Gasteiger partial charge on any atom is -0.491 e. The molecule has 1 saturated heterocycles. The maximum Gasteiger partial charge on any atom is 0.237 e. The number of ether oxygens (including phenoxy) is 3. The van der Waals surface area contributed by atoms with Crippen molar-refractivity contribution in [3.63, 3.8) is 0 Å². The third kappa shape index (κ3) is 4.78. The molecule has 4 unspecified atom stereocenters. The summed E-state index contributed by atoms with van der Waals surface area (Å²) in [6, 6.07) is 5.63. The normalized spacial score (nSPS) is 26.6. The quantitative estimate of drug-likeness (QED) is 0.674. The molecule has 150 valence electrons. The minimum atomic E-state index is -0.770. The number of fused-ring (bicyclic) bond motifs is 2. The molecule has 1 aromatic rings. The van der Waals surface area contributed by atoms with E-state index in [0.717, 1.165) is 6.42 Å². The van der Waals surface area contributed by atoms with Crippen LogP contribution in [0.3, 0.4) is 0 Å². The van der Waals surface area contributed by atoms with Crippen LogP contribution in [0.1, 0.15) is 32.1 Å². The van der Waals surface area contributed by atoms with Gasteiger partial charge in [0.15, 0.2) is 11.5 Å². The number of carbonyl (C=O) groups excluding carboxylic acids is 1. The largest absolute Gasteiger partial charge is 0.491 e. The first-order chi connectivity index (χ1) is 12.7. The van der Waals surface area contributed by atoms with Crippen LogP contribution in [0.25, 0.3) is 0 Å². The Labute approximate surface area is 165 Å². The van der Waals surface area contributed by atoms with Gasteiger partial charge in [0, 0.05) is 18.7 Å². The number of nitrogens with one attached hydrogen (secondary N) is 2. The molecule has 7 nitrogen and oxygen atoms in total. The number of amides is 1. The van der Waals surface area contributed by atoms with Gasteiger partial charge >= 0.3 is 0 Å². The van der Waals surface area contributed by atoms with Gasteiger partial charge in [-0.05, 0) is 37.3 Å². The number of benzene rings is 1. The molecule has 4 rings (SSSR count). The molecule has 8 heteroatoms. The molecular weight excluding hydrogens is 372 g/mol. The Hall–Kier alpha value is -1.70. The predicted octanol–water partition coefficient (Wildman–Crippen LogP) is 1.61. The molecule has 2 aliphatic heterocycles. The Balaban J connectivity index is 0.00000210. The molecule has 1 amide bonds. The molecule has 3 aliphatic rings. The molecule has 1 aromatic carbocycles. The van der Waals surface area contributed by atoms with Crippen molar-refractivity contribution in [3.05, 3.63) is 18.2 Å². The lowest BCUT2D eigenvalue weighted by Gasteiger charge is -2.24. The van der Waals surface area contributed by atoms with Crippen LogP contribution in [0.15, 0.2) is 18.2 Å². The van der Waals surface area contributed by atoms with Gasteiger partial charge in [0.25, 0.3) is 0 Å². The molecule has 0 bridgehead atoms. The summed E-state index contributed by atoms with van der Waals surface area (Å²) in [6.07, 6.45) is 5.03. The molecule has 27 heavy (non-hydrogen) atoms. The lowest BCUT2D eigenvalue weighted by molar-refractivity contribution is -0.123. The smallest absolute Gasteiger partial charge is 0.237 e. The van der Waals surface area contributed by atoms with E-state index in [9.17, 15) is 9.90 Å². The van der Waals surface area contributed by atoms with Crippen LogP contribution in [-0.4, -0.2) is 49.1 Å². The average molecular weight is 399 g/mol. The van der Waals surface area contributed by atoms with Gasteiger partial charge in [0.2, 0.25) is 12.7 Å². The zero-order valence-corrected chi connectivity index (χ0v) is 16.0. The Bertz CT molecular complexity index is 645. The maximum absolute atomic E-state index is 12.3. The highest BCUT2D eigenvalue weighted by molar-refractivity contribution is 5.85. The van der Waals surface area contributed by atoms with Crippen LogP contribution in [0, 0.1) is 5.92 Å². The van der Waals surface area contributed by atoms with E-state index in [0.29, 0.717) is 29.2 Å². The van der Waals surface area contributed by atoms with Crippen molar-refractivity contribution in [2.24, 2.45) is 5.92 Å². The summed E-state index contributed by atoms with van der Waals surface area (Å²) in [7, 11) is 0. The highest BCUT2D eigenvalue weighted by Gasteiger charge is 2.38. The van der Waals surface area contributed by atoms with Gasteiger partial charge < -0.3 is 30.0 Å². The number of halogens is 1. The van der Waals surface area contributed by atoms with Gasteiger partial charge in [0.1, 0.15) is 18.5 Å². The zero-order valence-electron chi connectivity index (χ0n) is 15.2. The van der Waals surface area contributed by atoms with Gasteiger partial charge in [-0.1, -0.05) is 12.8 Å². The highest BCUT2D eigenvalue weighted by Crippen LogP contribution is 2.35. The lowest BCUT2D eigenvalue weighted by Crippen LogP contribution is -2.45. The monoisotopic (exact) mass is 398 g/mol. The van der Waals surface area contributed by atoms with Crippen molar-refractivity contribution >= 4 is 18.3 Å². The van der Waals surface area contributed by atoms with Crippen LogP contribution in [-0.2, 0) is 4.79 Å². The number of hydrogen-bond acceptors (Lipinski definition) is 6. The molecule has 4 atom stereocenters. The summed E-state index contributed by atoms with van der Waals surface area (Å²) >= 11 is 0. The molecule has 2 fully saturated rings. The van der Waals surface area contributed by atoms with E-state index in [1.54, 1.807) is 18.2 Å². The van der Waals surface area contributed by atoms with E-state index in [2.05, 4.69) is 10.6 Å². The van der Waals surface area contributed by atoms with Gasteiger partial charge in [0.05, 0.1) is 6.04 Å². The van der Waals surface area contributed by atoms with E-state index < -0.39 is 6.10 Å². The summed E-state index contributed by atoms with van der Waals surface area (Å²) in [6.45, 7) is 0.491. The second kappa shape index (κ2) is 8.99. The van der Waals surface area contributed by atoms with Gasteiger partial charge in [-0.25, -0.2) is 0 Å². The number of aliphatic hydroxyl groups excluding tert-OH is 1. The number of hydrogen-bond donors (Lipinski definition) is 3. The van der Waals surface area contributed by atoms with Crippen LogP contribution >= 0.6 is 12.4 Å². The van der Waals surface area contributed by atoms with Crippen molar-refractivity contribution < 1.29 is 24.1 Å². The van der Waals surface area contributed by atoms with Crippen molar-refractivity contribution in [2.45, 2.75) is 50.3 Å². The fourth-order valence-electron chi connectivity index (χ4n) is 4.08. The van der Waals surface area contributed by atoms with Gasteiger partial charge in [-0.3, -0.25) is 4.79 Å². The molecular formula is C19H27ClN2O5. The van der Waals surface area contributed by atoms with Crippen LogP contribution in [0.5, 0.6) is 17.2 Å². The van der Waals surface area contributed by atoms with E-state index in [1.165, 1.54) is 25.7 Å². The van der Waals surface area contributed by atoms with Crippen LogP contribution in [0.4, 0.5) is 0 Å². The number of carbonyl (C=O) groups is 1. The van der Waals surface area contributed by atoms with Gasteiger partial charge in [-0.2, -0.15) is 0 Å². The first-order valence-electron chi connectivity index (χ1n) is 9.43. The molecule has 2 heterocycles. The van der Waals surface area contributed by atoms with E-state index in [4.69, 9.17) is 14.2 Å². The molecule has 3 N–H and O–H groups in total. The fourth-order valence-corrected chi connectivity index (χ4v) is 4.08. The number of rotatable bonds is 6. The van der Waals surface area contributed by atoms with E-state index in [1.807, 2.05) is 0 Å². The topological polar surface area (TPSA) is 89.1 Å². The van der Waals surface area contributed by atoms with E-state index in [-0.39, 0.29) is 44.3 Å². The molecule has 1 saturated carbocycles. The van der Waals surface area contributed by atoms with Crippen LogP contribution < -0.4 is 24.8 Å². The second-order valence-corrected chi connectivity index (χ2v) is 7.33. The summed E-state index contributed by atoms with van der Waals surface area (Å²) in [5, 5.41) is 16.4. The molecule has 0 aromatic heterocycles. The standard InChI is InChI=1S/C19H26N2O5.ClH/c22-13(10-24-14-5-6-17-18(8-14)26-11-25-17)9-20-19(23)16-7-12-3-1-2-4-15(12)21-16;/h5-6,8,12-13,15-16,21-22H,1-4,7,9-11H2,(H,20,23);1H. The Kier molecular flexibility index (Phi) is 6.68. The zero-order chi connectivity index (χ0) is 17.9. The lowest BCUT2D eigenvalue weighted by atomic mass is 9.85. The minimum absolute atomic E-state index is 0. The Morgan fingerprint density at radius 2 is 2.11 bits per heavy atom. The Morgan fingerprint density at radius 1 is 1.30 bits per heavy atom. The summed E-state index contributed by atoms with van der Waals surface area (Å²) in [5.41, 5.74) is 0. The molecule has 1 aliphatic carbocycles. The van der Waals surface area contributed by atoms with Crippen molar-refractivity contribution in [1.29, 1.82) is 0 Å². The SMILES string of the molecule is Cl.O=C(NCC(O)COc1ccc2c(c1)OCO2)C1CC2CCCCC2N1. The maximum atomic E-state index is 12.3. The molecule has 0 spiro atoms. The van der Waals surface area contributed by atoms with Crippen molar-refractivity contribution in [1.82, 2.24) is 10.6 Å². The first-order valence-corrected chi connectivity index (χ1v) is 9.43. The highest BCUT2D eigenvalue weighted by atomic mass is 35.5. The average Bonchev–Trinajstić information content (AvgIpc) is 3.30. The van der Waals surface area contributed by atoms with Crippen molar-refractivity contribution in [2.75, 3.05) is 19.9 Å². The fraction of sp³-hybridized carbons (Fsp3) is 0.632. The summed E-state index contributed by atoms with van der Waals surface area (Å²) < 4.78 is 16.1. The van der Waals surface area contributed by atoms with Crippen LogP contribution in [0.2, 0.25) is 0 Å². The molecule has 0 radical (unpaired) electrons. The second-order valence-electron chi connectivity index (χ2n) is 7.33. The first kappa shape index (κ1) is 20.0. The van der Waals surface area contributed by atoms with Crippen molar-refractivity contribution in [3.8, 4) is 17.2 Å².